The van der Waals surface area contributed by atoms with Gasteiger partial charge in [0.25, 0.3) is 0 Å². The number of para-hydroxylation sites is 2. The molecule has 19 heavy (non-hydrogen) atoms. The first kappa shape index (κ1) is 11.8. The van der Waals surface area contributed by atoms with E-state index in [-0.39, 0.29) is 0 Å². The maximum Gasteiger partial charge on any atom is 0.347 e. The number of nitrogens with one attached hydrogen (secondary N) is 1. The molecule has 0 aromatic heterocycles. The number of amides is 2. The number of rotatable bonds is 1. The van der Waals surface area contributed by atoms with Crippen molar-refractivity contribution in [2.24, 2.45) is 0 Å². The molecule has 6 heteroatoms. The maximum atomic E-state index is 12.0. The van der Waals surface area contributed by atoms with Gasteiger partial charge in [0.1, 0.15) is 5.69 Å². The Morgan fingerprint density at radius 3 is 2.68 bits per heavy atom. The summed E-state index contributed by atoms with van der Waals surface area (Å²) in [7, 11) is 0. The predicted octanol–water partition coefficient (Wildman–Crippen LogP) is 3.50. The summed E-state index contributed by atoms with van der Waals surface area (Å²) in [5.74, 6) is 0. The van der Waals surface area contributed by atoms with Crippen LogP contribution in [0.2, 0.25) is 5.02 Å². The lowest BCUT2D eigenvalue weighted by Gasteiger charge is -2.36. The molecule has 2 N–H and O–H groups in total. The number of carbonyl (C=O) groups excluding carboxylic acids is 1. The molecule has 2 aromatic carbocycles. The molecule has 0 aliphatic carbocycles. The summed E-state index contributed by atoms with van der Waals surface area (Å²) >= 11 is 5.90. The maximum absolute atomic E-state index is 12.0. The van der Waals surface area contributed by atoms with Gasteiger partial charge in [-0.2, -0.15) is 10.2 Å². The van der Waals surface area contributed by atoms with E-state index in [0.29, 0.717) is 22.1 Å². The molecule has 0 bridgehead atoms. The van der Waals surface area contributed by atoms with Crippen molar-refractivity contribution < 1.29 is 10.0 Å². The van der Waals surface area contributed by atoms with Crippen molar-refractivity contribution in [1.29, 1.82) is 0 Å². The van der Waals surface area contributed by atoms with Crippen molar-refractivity contribution >= 4 is 34.7 Å². The van der Waals surface area contributed by atoms with Gasteiger partial charge in [-0.05, 0) is 30.3 Å². The number of hydrogen-bond acceptors (Lipinski definition) is 3. The average molecular weight is 276 g/mol. The van der Waals surface area contributed by atoms with Crippen LogP contribution in [0, 0.1) is 0 Å². The molecule has 3 rings (SSSR count). The van der Waals surface area contributed by atoms with E-state index in [4.69, 9.17) is 11.6 Å². The van der Waals surface area contributed by atoms with Crippen LogP contribution >= 0.6 is 11.6 Å². The van der Waals surface area contributed by atoms with Gasteiger partial charge in [-0.25, -0.2) is 4.79 Å². The number of hydrazine groups is 1. The van der Waals surface area contributed by atoms with Crippen molar-refractivity contribution in [2.45, 2.75) is 0 Å². The number of nitrogens with zero attached hydrogens (tertiary/aromatic N) is 2. The summed E-state index contributed by atoms with van der Waals surface area (Å²) in [5, 5.41) is 15.3. The van der Waals surface area contributed by atoms with E-state index in [2.05, 4.69) is 5.32 Å². The lowest BCUT2D eigenvalue weighted by molar-refractivity contribution is 0.221. The van der Waals surface area contributed by atoms with Crippen molar-refractivity contribution in [1.82, 2.24) is 0 Å². The highest BCUT2D eigenvalue weighted by Crippen LogP contribution is 2.33. The lowest BCUT2D eigenvalue weighted by atomic mass is 10.2. The van der Waals surface area contributed by atoms with Crippen molar-refractivity contribution in [2.75, 3.05) is 15.5 Å². The third kappa shape index (κ3) is 1.99. The van der Waals surface area contributed by atoms with Gasteiger partial charge >= 0.3 is 6.03 Å². The van der Waals surface area contributed by atoms with Crippen LogP contribution in [-0.2, 0) is 0 Å². The number of hydrogen-bond donors (Lipinski definition) is 2. The topological polar surface area (TPSA) is 55.8 Å². The Labute approximate surface area is 114 Å². The molecule has 0 fully saturated rings. The van der Waals surface area contributed by atoms with E-state index in [9.17, 15) is 10.0 Å². The van der Waals surface area contributed by atoms with E-state index in [0.717, 1.165) is 10.2 Å². The van der Waals surface area contributed by atoms with E-state index in [1.165, 1.54) is 0 Å². The lowest BCUT2D eigenvalue weighted by Crippen LogP contribution is -2.50. The molecule has 5 nitrogen and oxygen atoms in total. The monoisotopic (exact) mass is 275 g/mol. The summed E-state index contributed by atoms with van der Waals surface area (Å²) in [4.78, 5) is 12.0. The normalized spacial score (nSPS) is 14.1. The second-order valence-corrected chi connectivity index (χ2v) is 4.46. The largest absolute Gasteiger partial charge is 0.347 e. The van der Waals surface area contributed by atoms with Crippen molar-refractivity contribution in [3.05, 3.63) is 53.6 Å². The second kappa shape index (κ2) is 4.46. The zero-order valence-electron chi connectivity index (χ0n) is 9.75. The Balaban J connectivity index is 2.06. The smallest absolute Gasteiger partial charge is 0.304 e. The SMILES string of the molecule is O=C1Nc2ccccc2N(O)N1c1cccc(Cl)c1. The van der Waals surface area contributed by atoms with Gasteiger partial charge in [-0.3, -0.25) is 5.21 Å². The van der Waals surface area contributed by atoms with Crippen LogP contribution in [0.3, 0.4) is 0 Å². The fraction of sp³-hybridized carbons (Fsp3) is 0. The first-order valence-corrected chi connectivity index (χ1v) is 5.99. The fourth-order valence-corrected chi connectivity index (χ4v) is 2.13. The third-order valence-electron chi connectivity index (χ3n) is 2.80. The van der Waals surface area contributed by atoms with Gasteiger partial charge in [0.15, 0.2) is 0 Å². The van der Waals surface area contributed by atoms with Gasteiger partial charge in [0.2, 0.25) is 0 Å². The Morgan fingerprint density at radius 1 is 1.11 bits per heavy atom. The fourth-order valence-electron chi connectivity index (χ4n) is 1.95. The Bertz CT molecular complexity index is 647. The van der Waals surface area contributed by atoms with Gasteiger partial charge in [-0.1, -0.05) is 29.8 Å². The second-order valence-electron chi connectivity index (χ2n) is 4.03. The molecule has 0 saturated carbocycles. The Morgan fingerprint density at radius 2 is 1.89 bits per heavy atom. The minimum atomic E-state index is -0.455. The van der Waals surface area contributed by atoms with Gasteiger partial charge in [0.05, 0.1) is 11.4 Å². The van der Waals surface area contributed by atoms with Crippen LogP contribution in [0.4, 0.5) is 21.9 Å². The van der Waals surface area contributed by atoms with E-state index >= 15 is 0 Å². The van der Waals surface area contributed by atoms with Crippen LogP contribution in [0.25, 0.3) is 0 Å². The molecule has 0 radical (unpaired) electrons. The first-order valence-electron chi connectivity index (χ1n) is 5.61. The molecule has 0 atom stereocenters. The molecular formula is C13H10ClN3O2. The third-order valence-corrected chi connectivity index (χ3v) is 3.03. The standard InChI is InChI=1S/C13H10ClN3O2/c14-9-4-3-5-10(8-9)16-13(18)15-11-6-1-2-7-12(11)17(16)19/h1-8,19H,(H,15,18). The number of urea groups is 1. The average Bonchev–Trinajstić information content (AvgIpc) is 2.39. The summed E-state index contributed by atoms with van der Waals surface area (Å²) in [6.45, 7) is 0. The Hall–Kier alpha value is -2.24. The molecule has 2 aromatic rings. The Kier molecular flexibility index (Phi) is 2.77. The highest BCUT2D eigenvalue weighted by molar-refractivity contribution is 6.31. The molecule has 1 aliphatic heterocycles. The molecule has 0 spiro atoms. The summed E-state index contributed by atoms with van der Waals surface area (Å²) in [5.41, 5.74) is 1.51. The van der Waals surface area contributed by atoms with E-state index in [1.807, 2.05) is 0 Å². The van der Waals surface area contributed by atoms with Crippen molar-refractivity contribution in [3.8, 4) is 0 Å². The molecule has 96 valence electrons. The molecule has 1 aliphatic rings. The number of fused-ring (bicyclic) bond motifs is 1. The highest BCUT2D eigenvalue weighted by atomic mass is 35.5. The molecular weight excluding hydrogens is 266 g/mol. The number of anilines is 3. The van der Waals surface area contributed by atoms with Gasteiger partial charge in [-0.15, -0.1) is 0 Å². The zero-order valence-corrected chi connectivity index (χ0v) is 10.5. The van der Waals surface area contributed by atoms with E-state index < -0.39 is 6.03 Å². The minimum Gasteiger partial charge on any atom is -0.304 e. The van der Waals surface area contributed by atoms with E-state index in [1.54, 1.807) is 48.5 Å². The number of benzene rings is 2. The summed E-state index contributed by atoms with van der Waals surface area (Å²) in [6, 6.07) is 13.2. The minimum absolute atomic E-state index is 0.455. The van der Waals surface area contributed by atoms with Crippen LogP contribution < -0.4 is 15.5 Å². The predicted molar refractivity (Wildman–Crippen MR) is 73.7 cm³/mol. The number of carbonyl (C=O) groups is 1. The molecule has 0 saturated heterocycles. The summed E-state index contributed by atoms with van der Waals surface area (Å²) < 4.78 is 0. The zero-order chi connectivity index (χ0) is 13.4. The highest BCUT2D eigenvalue weighted by Gasteiger charge is 2.30. The summed E-state index contributed by atoms with van der Waals surface area (Å²) in [6.07, 6.45) is 0. The molecule has 1 heterocycles. The van der Waals surface area contributed by atoms with Gasteiger partial charge < -0.3 is 5.32 Å². The van der Waals surface area contributed by atoms with Crippen LogP contribution in [0.1, 0.15) is 0 Å². The van der Waals surface area contributed by atoms with Crippen molar-refractivity contribution in [3.63, 3.8) is 0 Å². The van der Waals surface area contributed by atoms with Crippen LogP contribution in [0.15, 0.2) is 48.5 Å². The molecule has 0 unspecified atom stereocenters. The van der Waals surface area contributed by atoms with Crippen LogP contribution in [0.5, 0.6) is 0 Å². The van der Waals surface area contributed by atoms with Gasteiger partial charge in [0, 0.05) is 5.02 Å². The quantitative estimate of drug-likeness (QED) is 0.837. The van der Waals surface area contributed by atoms with Crippen LogP contribution in [-0.4, -0.2) is 11.2 Å². The first-order chi connectivity index (χ1) is 9.16. The number of halogens is 1. The molecule has 2 amide bonds.